The monoisotopic (exact) mass is 409 g/mol. The van der Waals surface area contributed by atoms with E-state index in [0.717, 1.165) is 43.0 Å². The molecule has 126 valence electrons. The van der Waals surface area contributed by atoms with E-state index >= 15 is 0 Å². The Bertz CT molecular complexity index is 725. The highest BCUT2D eigenvalue weighted by Crippen LogP contribution is 2.32. The minimum Gasteiger partial charge on any atom is -0.425 e. The molecule has 1 saturated carbocycles. The van der Waals surface area contributed by atoms with Crippen LogP contribution in [0.4, 0.5) is 4.79 Å². The van der Waals surface area contributed by atoms with Crippen molar-refractivity contribution < 1.29 is 19.1 Å². The van der Waals surface area contributed by atoms with Crippen molar-refractivity contribution in [3.05, 3.63) is 33.1 Å². The fourth-order valence-electron chi connectivity index (χ4n) is 2.79. The highest BCUT2D eigenvalue weighted by Gasteiger charge is 2.25. The fourth-order valence-corrected chi connectivity index (χ4v) is 3.95. The predicted octanol–water partition coefficient (Wildman–Crippen LogP) is 4.26. The molecule has 0 spiro atoms. The molecule has 1 aromatic rings. The molecule has 1 aromatic carbocycles. The quantitative estimate of drug-likeness (QED) is 0.458. The Morgan fingerprint density at radius 1 is 1.25 bits per heavy atom. The Balaban J connectivity index is 1.70. The number of hydrogen-bond donors (Lipinski definition) is 1. The van der Waals surface area contributed by atoms with Crippen LogP contribution in [0.2, 0.25) is 0 Å². The number of rotatable bonds is 3. The number of amides is 2. The summed E-state index contributed by atoms with van der Waals surface area (Å²) in [6.45, 7) is 0. The van der Waals surface area contributed by atoms with Gasteiger partial charge in [-0.1, -0.05) is 25.3 Å². The first-order valence-electron chi connectivity index (χ1n) is 7.79. The van der Waals surface area contributed by atoms with Crippen LogP contribution in [0.15, 0.2) is 27.6 Å². The minimum atomic E-state index is -0.395. The molecule has 1 aliphatic heterocycles. The second kappa shape index (κ2) is 7.53. The number of esters is 1. The minimum absolute atomic E-state index is 0.0166. The van der Waals surface area contributed by atoms with E-state index in [4.69, 9.17) is 4.74 Å². The molecule has 1 N–H and O–H groups in total. The van der Waals surface area contributed by atoms with E-state index < -0.39 is 5.91 Å². The van der Waals surface area contributed by atoms with Crippen LogP contribution in [-0.4, -0.2) is 17.1 Å². The summed E-state index contributed by atoms with van der Waals surface area (Å²) >= 11 is 4.26. The van der Waals surface area contributed by atoms with Gasteiger partial charge in [-0.15, -0.1) is 0 Å². The summed E-state index contributed by atoms with van der Waals surface area (Å²) in [6, 6.07) is 5.20. The summed E-state index contributed by atoms with van der Waals surface area (Å²) in [6.07, 6.45) is 6.74. The average molecular weight is 410 g/mol. The van der Waals surface area contributed by atoms with Gasteiger partial charge in [0, 0.05) is 0 Å². The largest absolute Gasteiger partial charge is 0.425 e. The summed E-state index contributed by atoms with van der Waals surface area (Å²) in [5.74, 6) is -0.129. The lowest BCUT2D eigenvalue weighted by atomic mass is 9.89. The average Bonchev–Trinajstić information content (AvgIpc) is 2.88. The Morgan fingerprint density at radius 2 is 2.00 bits per heavy atom. The van der Waals surface area contributed by atoms with Crippen LogP contribution in [0.5, 0.6) is 5.75 Å². The third-order valence-electron chi connectivity index (χ3n) is 4.04. The highest BCUT2D eigenvalue weighted by atomic mass is 79.9. The van der Waals surface area contributed by atoms with E-state index in [1.54, 1.807) is 24.3 Å². The third kappa shape index (κ3) is 4.08. The Hall–Kier alpha value is -1.60. The molecular formula is C17H16BrNO4S. The van der Waals surface area contributed by atoms with Crippen LogP contribution in [0.1, 0.15) is 37.7 Å². The molecule has 0 atom stereocenters. The van der Waals surface area contributed by atoms with Crippen molar-refractivity contribution in [1.82, 2.24) is 5.32 Å². The lowest BCUT2D eigenvalue weighted by Gasteiger charge is -2.20. The number of carbonyl (C=O) groups is 3. The van der Waals surface area contributed by atoms with Gasteiger partial charge in [0.2, 0.25) is 0 Å². The molecule has 0 bridgehead atoms. The number of imide groups is 1. The van der Waals surface area contributed by atoms with E-state index in [9.17, 15) is 14.4 Å². The molecule has 3 rings (SSSR count). The molecule has 0 radical (unpaired) electrons. The summed E-state index contributed by atoms with van der Waals surface area (Å²) in [7, 11) is 0. The van der Waals surface area contributed by atoms with Crippen LogP contribution in [0.3, 0.4) is 0 Å². The summed E-state index contributed by atoms with van der Waals surface area (Å²) in [5.41, 5.74) is 0.742. The topological polar surface area (TPSA) is 72.5 Å². The van der Waals surface area contributed by atoms with Crippen molar-refractivity contribution in [3.8, 4) is 5.75 Å². The van der Waals surface area contributed by atoms with Crippen LogP contribution >= 0.6 is 27.7 Å². The fraction of sp³-hybridized carbons (Fsp3) is 0.353. The van der Waals surface area contributed by atoms with E-state index in [0.29, 0.717) is 15.1 Å². The van der Waals surface area contributed by atoms with Crippen molar-refractivity contribution >= 4 is 50.9 Å². The lowest BCUT2D eigenvalue weighted by molar-refractivity contribution is -0.140. The summed E-state index contributed by atoms with van der Waals surface area (Å²) in [4.78, 5) is 35.3. The summed E-state index contributed by atoms with van der Waals surface area (Å²) in [5, 5.41) is 1.84. The van der Waals surface area contributed by atoms with Gasteiger partial charge in [-0.3, -0.25) is 19.7 Å². The number of thioether (sulfide) groups is 1. The van der Waals surface area contributed by atoms with Gasteiger partial charge < -0.3 is 4.74 Å². The number of benzene rings is 1. The molecule has 5 nitrogen and oxygen atoms in total. The molecule has 2 amide bonds. The second-order valence-electron chi connectivity index (χ2n) is 5.80. The van der Waals surface area contributed by atoms with E-state index in [1.165, 1.54) is 6.42 Å². The molecular weight excluding hydrogens is 394 g/mol. The van der Waals surface area contributed by atoms with Gasteiger partial charge in [-0.2, -0.15) is 0 Å². The number of carbonyl (C=O) groups excluding carboxylic acids is 3. The molecule has 1 aliphatic carbocycles. The summed E-state index contributed by atoms with van der Waals surface area (Å²) < 4.78 is 6.14. The van der Waals surface area contributed by atoms with Crippen LogP contribution < -0.4 is 10.1 Å². The van der Waals surface area contributed by atoms with Gasteiger partial charge in [0.15, 0.2) is 0 Å². The lowest BCUT2D eigenvalue weighted by Crippen LogP contribution is -2.22. The second-order valence-corrected chi connectivity index (χ2v) is 7.67. The zero-order valence-electron chi connectivity index (χ0n) is 12.8. The Morgan fingerprint density at radius 3 is 2.62 bits per heavy atom. The molecule has 7 heteroatoms. The van der Waals surface area contributed by atoms with Crippen molar-refractivity contribution in [2.45, 2.75) is 32.1 Å². The Kier molecular flexibility index (Phi) is 5.40. The van der Waals surface area contributed by atoms with Crippen LogP contribution in [0, 0.1) is 5.92 Å². The number of ether oxygens (including phenoxy) is 1. The van der Waals surface area contributed by atoms with Crippen molar-refractivity contribution in [3.63, 3.8) is 0 Å². The van der Waals surface area contributed by atoms with Crippen LogP contribution in [0.25, 0.3) is 6.08 Å². The normalized spacial score (nSPS) is 20.3. The van der Waals surface area contributed by atoms with Crippen LogP contribution in [-0.2, 0) is 9.59 Å². The molecule has 1 heterocycles. The number of hydrogen-bond acceptors (Lipinski definition) is 5. The Labute approximate surface area is 152 Å². The van der Waals surface area contributed by atoms with Gasteiger partial charge in [0.05, 0.1) is 15.3 Å². The van der Waals surface area contributed by atoms with E-state index in [-0.39, 0.29) is 17.1 Å². The van der Waals surface area contributed by atoms with Crippen molar-refractivity contribution in [1.29, 1.82) is 0 Å². The molecule has 2 aliphatic rings. The zero-order chi connectivity index (χ0) is 17.1. The molecule has 0 aromatic heterocycles. The standard InChI is InChI=1S/C17H16BrNO4S/c18-12-8-10(9-14-15(20)19-17(22)24-14)6-7-13(12)23-16(21)11-4-2-1-3-5-11/h6-9,11H,1-5H2,(H,19,20,22). The van der Waals surface area contributed by atoms with Gasteiger partial charge in [0.25, 0.3) is 11.1 Å². The predicted molar refractivity (Wildman–Crippen MR) is 95.5 cm³/mol. The SMILES string of the molecule is O=C1NC(=O)C(=Cc2ccc(OC(=O)C3CCCCC3)c(Br)c2)S1. The third-order valence-corrected chi connectivity index (χ3v) is 5.48. The van der Waals surface area contributed by atoms with Gasteiger partial charge in [-0.25, -0.2) is 0 Å². The molecule has 1 saturated heterocycles. The van der Waals surface area contributed by atoms with E-state index in [2.05, 4.69) is 21.2 Å². The van der Waals surface area contributed by atoms with E-state index in [1.807, 2.05) is 0 Å². The maximum absolute atomic E-state index is 12.2. The molecule has 24 heavy (non-hydrogen) atoms. The molecule has 2 fully saturated rings. The maximum Gasteiger partial charge on any atom is 0.314 e. The first kappa shape index (κ1) is 17.2. The maximum atomic E-state index is 12.2. The van der Waals surface area contributed by atoms with Crippen molar-refractivity contribution in [2.75, 3.05) is 0 Å². The first-order chi connectivity index (χ1) is 11.5. The van der Waals surface area contributed by atoms with Crippen molar-refractivity contribution in [2.24, 2.45) is 5.92 Å². The van der Waals surface area contributed by atoms with Gasteiger partial charge in [0.1, 0.15) is 5.75 Å². The number of halogens is 1. The first-order valence-corrected chi connectivity index (χ1v) is 9.40. The molecule has 0 unspecified atom stereocenters. The van der Waals surface area contributed by atoms with Gasteiger partial charge in [-0.05, 0) is 64.3 Å². The van der Waals surface area contributed by atoms with Gasteiger partial charge >= 0.3 is 5.97 Å². The zero-order valence-corrected chi connectivity index (χ0v) is 15.2. The highest BCUT2D eigenvalue weighted by molar-refractivity contribution is 9.10. The number of nitrogens with one attached hydrogen (secondary N) is 1. The smallest absolute Gasteiger partial charge is 0.314 e.